The standard InChI is InChI=1S/C14H25N5S/c1-3-8-15-12-16-13(19-9-6-5-7-10-19)18-14(17-12)20-11-4-2/h3-11H2,1-2H3,(H,15,16,17,18). The van der Waals surface area contributed by atoms with Gasteiger partial charge in [0.15, 0.2) is 5.16 Å². The first kappa shape index (κ1) is 15.4. The van der Waals surface area contributed by atoms with E-state index in [1.165, 1.54) is 19.3 Å². The molecule has 0 radical (unpaired) electrons. The smallest absolute Gasteiger partial charge is 0.231 e. The minimum absolute atomic E-state index is 0.723. The molecule has 112 valence electrons. The SMILES string of the molecule is CCCNc1nc(SCCC)nc(N2CCCCC2)n1. The lowest BCUT2D eigenvalue weighted by Crippen LogP contribution is -2.31. The zero-order valence-corrected chi connectivity index (χ0v) is 13.4. The zero-order chi connectivity index (χ0) is 14.2. The highest BCUT2D eigenvalue weighted by Gasteiger charge is 2.16. The van der Waals surface area contributed by atoms with E-state index in [4.69, 9.17) is 0 Å². The molecular formula is C14H25N5S. The maximum atomic E-state index is 4.63. The lowest BCUT2D eigenvalue weighted by Gasteiger charge is -2.26. The van der Waals surface area contributed by atoms with Gasteiger partial charge in [0.1, 0.15) is 0 Å². The minimum Gasteiger partial charge on any atom is -0.354 e. The molecule has 0 aromatic carbocycles. The number of hydrogen-bond acceptors (Lipinski definition) is 6. The van der Waals surface area contributed by atoms with Gasteiger partial charge >= 0.3 is 0 Å². The number of hydrogen-bond donors (Lipinski definition) is 1. The van der Waals surface area contributed by atoms with E-state index in [0.717, 1.165) is 55.3 Å². The first-order valence-corrected chi connectivity index (χ1v) is 8.69. The summed E-state index contributed by atoms with van der Waals surface area (Å²) in [6.45, 7) is 7.36. The molecule has 0 unspecified atom stereocenters. The van der Waals surface area contributed by atoms with Crippen LogP contribution in [0.3, 0.4) is 0 Å². The summed E-state index contributed by atoms with van der Waals surface area (Å²) in [5.41, 5.74) is 0. The Morgan fingerprint density at radius 2 is 1.85 bits per heavy atom. The monoisotopic (exact) mass is 295 g/mol. The molecule has 1 fully saturated rings. The van der Waals surface area contributed by atoms with Crippen molar-refractivity contribution < 1.29 is 0 Å². The minimum atomic E-state index is 0.723. The fourth-order valence-electron chi connectivity index (χ4n) is 2.15. The molecule has 0 saturated carbocycles. The zero-order valence-electron chi connectivity index (χ0n) is 12.6. The van der Waals surface area contributed by atoms with Crippen LogP contribution in [-0.2, 0) is 0 Å². The highest BCUT2D eigenvalue weighted by Crippen LogP contribution is 2.21. The number of anilines is 2. The van der Waals surface area contributed by atoms with Gasteiger partial charge in [-0.1, -0.05) is 25.6 Å². The van der Waals surface area contributed by atoms with Crippen LogP contribution in [0.2, 0.25) is 0 Å². The van der Waals surface area contributed by atoms with E-state index < -0.39 is 0 Å². The number of aromatic nitrogens is 3. The Hall–Kier alpha value is -1.04. The molecule has 5 nitrogen and oxygen atoms in total. The van der Waals surface area contributed by atoms with E-state index in [2.05, 4.69) is 39.0 Å². The summed E-state index contributed by atoms with van der Waals surface area (Å²) in [7, 11) is 0. The van der Waals surface area contributed by atoms with E-state index >= 15 is 0 Å². The third kappa shape index (κ3) is 4.51. The van der Waals surface area contributed by atoms with E-state index in [1.54, 1.807) is 11.8 Å². The molecule has 1 aliphatic heterocycles. The second-order valence-corrected chi connectivity index (χ2v) is 6.13. The lowest BCUT2D eigenvalue weighted by atomic mass is 10.1. The topological polar surface area (TPSA) is 53.9 Å². The number of nitrogens with zero attached hydrogens (tertiary/aromatic N) is 4. The van der Waals surface area contributed by atoms with Gasteiger partial charge in [-0.05, 0) is 32.1 Å². The predicted molar refractivity (Wildman–Crippen MR) is 85.7 cm³/mol. The highest BCUT2D eigenvalue weighted by molar-refractivity contribution is 7.99. The van der Waals surface area contributed by atoms with Crippen LogP contribution in [0.4, 0.5) is 11.9 Å². The highest BCUT2D eigenvalue weighted by atomic mass is 32.2. The maximum Gasteiger partial charge on any atom is 0.231 e. The van der Waals surface area contributed by atoms with E-state index in [9.17, 15) is 0 Å². The van der Waals surface area contributed by atoms with Crippen LogP contribution in [0.1, 0.15) is 46.0 Å². The molecule has 0 bridgehead atoms. The Morgan fingerprint density at radius 1 is 1.05 bits per heavy atom. The summed E-state index contributed by atoms with van der Waals surface area (Å²) < 4.78 is 0. The van der Waals surface area contributed by atoms with Gasteiger partial charge in [-0.3, -0.25) is 0 Å². The normalized spacial score (nSPS) is 15.4. The molecule has 0 spiro atoms. The van der Waals surface area contributed by atoms with Crippen LogP contribution in [0.15, 0.2) is 5.16 Å². The predicted octanol–water partition coefficient (Wildman–Crippen LogP) is 3.19. The van der Waals surface area contributed by atoms with Crippen molar-refractivity contribution in [3.8, 4) is 0 Å². The summed E-state index contributed by atoms with van der Waals surface area (Å²) in [6, 6.07) is 0. The average Bonchev–Trinajstić information content (AvgIpc) is 2.51. The van der Waals surface area contributed by atoms with Gasteiger partial charge in [0.2, 0.25) is 11.9 Å². The van der Waals surface area contributed by atoms with E-state index in [-0.39, 0.29) is 0 Å². The van der Waals surface area contributed by atoms with Crippen molar-refractivity contribution in [3.63, 3.8) is 0 Å². The van der Waals surface area contributed by atoms with Crippen LogP contribution < -0.4 is 10.2 Å². The van der Waals surface area contributed by atoms with Crippen molar-refractivity contribution in [1.82, 2.24) is 15.0 Å². The van der Waals surface area contributed by atoms with Crippen LogP contribution >= 0.6 is 11.8 Å². The molecule has 1 saturated heterocycles. The van der Waals surface area contributed by atoms with Gasteiger partial charge in [0.05, 0.1) is 0 Å². The molecule has 20 heavy (non-hydrogen) atoms. The average molecular weight is 295 g/mol. The summed E-state index contributed by atoms with van der Waals surface area (Å²) in [6.07, 6.45) is 6.00. The lowest BCUT2D eigenvalue weighted by molar-refractivity contribution is 0.565. The van der Waals surface area contributed by atoms with Gasteiger partial charge in [-0.2, -0.15) is 15.0 Å². The van der Waals surface area contributed by atoms with Crippen molar-refractivity contribution in [2.24, 2.45) is 0 Å². The van der Waals surface area contributed by atoms with Crippen molar-refractivity contribution in [1.29, 1.82) is 0 Å². The number of piperidine rings is 1. The van der Waals surface area contributed by atoms with Crippen LogP contribution in [0.5, 0.6) is 0 Å². The largest absolute Gasteiger partial charge is 0.354 e. The molecular weight excluding hydrogens is 270 g/mol. The Kier molecular flexibility index (Phi) is 6.36. The molecule has 1 N–H and O–H groups in total. The van der Waals surface area contributed by atoms with Crippen molar-refractivity contribution in [2.45, 2.75) is 51.1 Å². The Labute approximate surface area is 126 Å². The third-order valence-corrected chi connectivity index (χ3v) is 4.26. The molecule has 1 aliphatic rings. The summed E-state index contributed by atoms with van der Waals surface area (Å²) in [5, 5.41) is 4.14. The number of thioether (sulfide) groups is 1. The number of rotatable bonds is 7. The summed E-state index contributed by atoms with van der Waals surface area (Å²) >= 11 is 1.72. The second kappa shape index (κ2) is 8.29. The van der Waals surface area contributed by atoms with E-state index in [1.807, 2.05) is 0 Å². The quantitative estimate of drug-likeness (QED) is 0.780. The third-order valence-electron chi connectivity index (χ3n) is 3.21. The molecule has 6 heteroatoms. The molecule has 0 amide bonds. The molecule has 1 aromatic rings. The maximum absolute atomic E-state index is 4.63. The van der Waals surface area contributed by atoms with Gasteiger partial charge in [0.25, 0.3) is 0 Å². The van der Waals surface area contributed by atoms with Crippen molar-refractivity contribution in [3.05, 3.63) is 0 Å². The molecule has 1 aromatic heterocycles. The molecule has 2 rings (SSSR count). The van der Waals surface area contributed by atoms with Crippen molar-refractivity contribution >= 4 is 23.7 Å². The Morgan fingerprint density at radius 3 is 2.55 bits per heavy atom. The first-order valence-electron chi connectivity index (χ1n) is 7.71. The van der Waals surface area contributed by atoms with Gasteiger partial charge in [-0.25, -0.2) is 0 Å². The summed E-state index contributed by atoms with van der Waals surface area (Å²) in [5.74, 6) is 2.62. The van der Waals surface area contributed by atoms with Gasteiger partial charge < -0.3 is 10.2 Å². The van der Waals surface area contributed by atoms with E-state index in [0.29, 0.717) is 0 Å². The van der Waals surface area contributed by atoms with Gasteiger partial charge in [-0.15, -0.1) is 0 Å². The van der Waals surface area contributed by atoms with Gasteiger partial charge in [0, 0.05) is 25.4 Å². The fourth-order valence-corrected chi connectivity index (χ4v) is 2.84. The number of nitrogens with one attached hydrogen (secondary N) is 1. The second-order valence-electron chi connectivity index (χ2n) is 5.06. The molecule has 0 aliphatic carbocycles. The molecule has 0 atom stereocenters. The fraction of sp³-hybridized carbons (Fsp3) is 0.786. The Balaban J connectivity index is 2.14. The van der Waals surface area contributed by atoms with Crippen LogP contribution in [-0.4, -0.2) is 40.3 Å². The Bertz CT molecular complexity index is 380. The van der Waals surface area contributed by atoms with Crippen LogP contribution in [0, 0.1) is 0 Å². The van der Waals surface area contributed by atoms with Crippen molar-refractivity contribution in [2.75, 3.05) is 35.6 Å². The van der Waals surface area contributed by atoms with Crippen LogP contribution in [0.25, 0.3) is 0 Å². The molecule has 2 heterocycles. The first-order chi connectivity index (χ1) is 9.83. The summed E-state index contributed by atoms with van der Waals surface area (Å²) in [4.78, 5) is 16.0.